The van der Waals surface area contributed by atoms with E-state index in [9.17, 15) is 24.3 Å². The third-order valence-electron chi connectivity index (χ3n) is 10.2. The van der Waals surface area contributed by atoms with Gasteiger partial charge in [-0.2, -0.15) is 0 Å². The molecule has 2 saturated carbocycles. The van der Waals surface area contributed by atoms with Gasteiger partial charge in [0.05, 0.1) is 0 Å². The van der Waals surface area contributed by atoms with Gasteiger partial charge in [-0.1, -0.05) is 130 Å². The second-order valence-electron chi connectivity index (χ2n) is 13.7. The Balaban J connectivity index is 0.000000183. The summed E-state index contributed by atoms with van der Waals surface area (Å²) in [6.07, 6.45) is 7.80. The fourth-order valence-electron chi connectivity index (χ4n) is 7.18. The van der Waals surface area contributed by atoms with Crippen molar-refractivity contribution in [2.24, 2.45) is 0 Å². The Bertz CT molecular complexity index is 2010. The van der Waals surface area contributed by atoms with Crippen LogP contribution in [0, 0.1) is 0 Å². The normalized spacial score (nSPS) is 16.2. The molecule has 7 rings (SSSR count). The van der Waals surface area contributed by atoms with Crippen molar-refractivity contribution in [1.82, 2.24) is 10.6 Å². The summed E-state index contributed by atoms with van der Waals surface area (Å²) >= 11 is 0. The van der Waals surface area contributed by atoms with Crippen molar-refractivity contribution < 1.29 is 29.0 Å². The zero-order valence-electron chi connectivity index (χ0n) is 28.7. The van der Waals surface area contributed by atoms with E-state index in [2.05, 4.69) is 10.6 Å². The minimum Gasteiger partial charge on any atom is -0.480 e. The minimum atomic E-state index is -1.11. The van der Waals surface area contributed by atoms with Gasteiger partial charge in [-0.3, -0.25) is 9.59 Å². The fraction of sp³-hybridized carbons (Fsp3) is 0.302. The number of hydrogen-bond donors (Lipinski definition) is 3. The molecule has 2 aliphatic carbocycles. The molecule has 8 nitrogen and oxygen atoms in total. The summed E-state index contributed by atoms with van der Waals surface area (Å²) in [6.45, 7) is 0.216. The van der Waals surface area contributed by atoms with Gasteiger partial charge in [-0.15, -0.1) is 0 Å². The Morgan fingerprint density at radius 3 is 1.45 bits per heavy atom. The first-order valence-electron chi connectivity index (χ1n) is 17.8. The lowest BCUT2D eigenvalue weighted by Gasteiger charge is -2.35. The van der Waals surface area contributed by atoms with Gasteiger partial charge >= 0.3 is 11.9 Å². The van der Waals surface area contributed by atoms with E-state index >= 15 is 0 Å². The van der Waals surface area contributed by atoms with Crippen LogP contribution in [0.1, 0.15) is 90.5 Å². The molecule has 0 radical (unpaired) electrons. The summed E-state index contributed by atoms with van der Waals surface area (Å²) < 4.78 is 5.62. The Labute approximate surface area is 298 Å². The van der Waals surface area contributed by atoms with E-state index in [4.69, 9.17) is 4.74 Å². The molecular weight excluding hydrogens is 640 g/mol. The second-order valence-corrected chi connectivity index (χ2v) is 13.7. The molecule has 262 valence electrons. The van der Waals surface area contributed by atoms with Gasteiger partial charge < -0.3 is 20.5 Å². The first-order chi connectivity index (χ1) is 24.8. The Morgan fingerprint density at radius 1 is 0.529 bits per heavy atom. The zero-order chi connectivity index (χ0) is 35.7. The van der Waals surface area contributed by atoms with Crippen molar-refractivity contribution in [3.8, 4) is 0 Å². The molecule has 0 bridgehead atoms. The third kappa shape index (κ3) is 8.46. The summed E-state index contributed by atoms with van der Waals surface area (Å²) in [5.41, 5.74) is -0.0569. The number of ether oxygens (including phenoxy) is 1. The van der Waals surface area contributed by atoms with Crippen LogP contribution in [-0.2, 0) is 20.9 Å². The van der Waals surface area contributed by atoms with Crippen molar-refractivity contribution in [3.63, 3.8) is 0 Å². The smallest absolute Gasteiger partial charge is 0.332 e. The molecular formula is C43H44N2O6. The molecule has 0 unspecified atom stereocenters. The van der Waals surface area contributed by atoms with Crippen LogP contribution < -0.4 is 10.6 Å². The topological polar surface area (TPSA) is 122 Å². The number of rotatable bonds is 8. The van der Waals surface area contributed by atoms with Gasteiger partial charge in [-0.25, -0.2) is 9.59 Å². The summed E-state index contributed by atoms with van der Waals surface area (Å²) in [5, 5.41) is 19.5. The van der Waals surface area contributed by atoms with Crippen molar-refractivity contribution >= 4 is 45.3 Å². The average Bonchev–Trinajstić information content (AvgIpc) is 3.17. The lowest BCUT2D eigenvalue weighted by molar-refractivity contribution is -0.154. The lowest BCUT2D eigenvalue weighted by Crippen LogP contribution is -2.56. The number of benzene rings is 5. The van der Waals surface area contributed by atoms with E-state index in [1.807, 2.05) is 109 Å². The number of fused-ring (bicyclic) bond motifs is 2. The van der Waals surface area contributed by atoms with Crippen molar-refractivity contribution in [2.75, 3.05) is 0 Å². The van der Waals surface area contributed by atoms with E-state index in [0.29, 0.717) is 36.8 Å². The van der Waals surface area contributed by atoms with Crippen LogP contribution in [0.2, 0.25) is 0 Å². The summed E-state index contributed by atoms with van der Waals surface area (Å²) in [6, 6.07) is 36.4. The van der Waals surface area contributed by atoms with Gasteiger partial charge in [0.25, 0.3) is 11.8 Å². The monoisotopic (exact) mass is 684 g/mol. The largest absolute Gasteiger partial charge is 0.480 e. The van der Waals surface area contributed by atoms with Crippen LogP contribution in [0.3, 0.4) is 0 Å². The number of amides is 2. The maximum atomic E-state index is 13.0. The van der Waals surface area contributed by atoms with Crippen molar-refractivity contribution in [1.29, 1.82) is 0 Å². The van der Waals surface area contributed by atoms with Gasteiger partial charge in [0.1, 0.15) is 17.7 Å². The Hall–Kier alpha value is -5.50. The van der Waals surface area contributed by atoms with Crippen LogP contribution >= 0.6 is 0 Å². The van der Waals surface area contributed by atoms with Crippen LogP contribution in [0.25, 0.3) is 21.5 Å². The predicted octanol–water partition coefficient (Wildman–Crippen LogP) is 8.37. The van der Waals surface area contributed by atoms with Gasteiger partial charge in [-0.05, 0) is 77.1 Å². The quantitative estimate of drug-likeness (QED) is 0.141. The number of carbonyl (C=O) groups excluding carboxylic acids is 3. The standard InChI is InChI=1S/C25H25NO3.C18H19NO3/c27-23(22-14-13-20-11-5-6-12-21(20)17-22)26-25(15-7-2-8-16-25)24(28)29-18-19-9-3-1-4-10-19;20-16(19-18(17(21)22)10-4-1-5-11-18)15-9-8-13-6-2-3-7-14(13)12-15/h1,3-6,9-14,17H,2,7-8,15-16,18H2,(H,26,27);2-3,6-9,12H,1,4-5,10-11H2,(H,19,20)(H,21,22). The lowest BCUT2D eigenvalue weighted by atomic mass is 9.81. The summed E-state index contributed by atoms with van der Waals surface area (Å²) in [4.78, 5) is 50.2. The molecule has 0 atom stereocenters. The van der Waals surface area contributed by atoms with E-state index in [-0.39, 0.29) is 24.4 Å². The number of carboxylic acids is 1. The molecule has 0 saturated heterocycles. The molecule has 2 amide bonds. The SMILES string of the molecule is O=C(NC1(C(=O)O)CCCCC1)c1ccc2ccccc2c1.O=C(NC1(C(=O)OCc2ccccc2)CCCCC1)c1ccc2ccccc2c1. The molecule has 0 aromatic heterocycles. The molecule has 0 aliphatic heterocycles. The molecule has 51 heavy (non-hydrogen) atoms. The highest BCUT2D eigenvalue weighted by Gasteiger charge is 2.43. The second kappa shape index (κ2) is 16.0. The van der Waals surface area contributed by atoms with E-state index < -0.39 is 17.0 Å². The Morgan fingerprint density at radius 2 is 0.961 bits per heavy atom. The van der Waals surface area contributed by atoms with E-state index in [1.54, 1.807) is 6.07 Å². The zero-order valence-corrected chi connectivity index (χ0v) is 28.7. The van der Waals surface area contributed by atoms with E-state index in [1.165, 1.54) is 0 Å². The highest BCUT2D eigenvalue weighted by atomic mass is 16.5. The molecule has 2 fully saturated rings. The maximum Gasteiger partial charge on any atom is 0.332 e. The van der Waals surface area contributed by atoms with Crippen LogP contribution in [0.5, 0.6) is 0 Å². The van der Waals surface area contributed by atoms with Crippen LogP contribution in [0.4, 0.5) is 0 Å². The first kappa shape index (κ1) is 35.3. The predicted molar refractivity (Wildman–Crippen MR) is 198 cm³/mol. The number of carbonyl (C=O) groups is 4. The molecule has 2 aliphatic rings. The van der Waals surface area contributed by atoms with Crippen molar-refractivity contribution in [3.05, 3.63) is 132 Å². The number of hydrogen-bond acceptors (Lipinski definition) is 5. The summed E-state index contributed by atoms with van der Waals surface area (Å²) in [5.74, 6) is -1.80. The number of esters is 1. The van der Waals surface area contributed by atoms with Crippen molar-refractivity contribution in [2.45, 2.75) is 81.9 Å². The molecule has 0 spiro atoms. The van der Waals surface area contributed by atoms with Gasteiger partial charge in [0, 0.05) is 11.1 Å². The molecule has 5 aromatic rings. The minimum absolute atomic E-state index is 0.216. The maximum absolute atomic E-state index is 13.0. The van der Waals surface area contributed by atoms with Crippen LogP contribution in [-0.4, -0.2) is 39.9 Å². The molecule has 8 heteroatoms. The average molecular weight is 685 g/mol. The highest BCUT2D eigenvalue weighted by molar-refractivity contribution is 6.02. The van der Waals surface area contributed by atoms with Gasteiger partial charge in [0.15, 0.2) is 0 Å². The molecule has 5 aromatic carbocycles. The summed E-state index contributed by atoms with van der Waals surface area (Å²) in [7, 11) is 0. The number of aliphatic carboxylic acids is 1. The van der Waals surface area contributed by atoms with E-state index in [0.717, 1.165) is 65.6 Å². The van der Waals surface area contributed by atoms with Gasteiger partial charge in [0.2, 0.25) is 0 Å². The molecule has 3 N–H and O–H groups in total. The number of nitrogens with one attached hydrogen (secondary N) is 2. The highest BCUT2D eigenvalue weighted by Crippen LogP contribution is 2.31. The fourth-order valence-corrected chi connectivity index (χ4v) is 7.18. The van der Waals surface area contributed by atoms with Crippen LogP contribution in [0.15, 0.2) is 115 Å². The third-order valence-corrected chi connectivity index (χ3v) is 10.2. The molecule has 0 heterocycles. The Kier molecular flexibility index (Phi) is 11.1. The number of carboxylic acid groups (broad SMARTS) is 1. The first-order valence-corrected chi connectivity index (χ1v) is 17.8.